The normalized spacial score (nSPS) is 11.6. The molecule has 0 aliphatic carbocycles. The quantitative estimate of drug-likeness (QED) is 0.188. The predicted molar refractivity (Wildman–Crippen MR) is 205 cm³/mol. The van der Waals surface area contributed by atoms with Crippen molar-refractivity contribution in [2.24, 2.45) is 0 Å². The van der Waals surface area contributed by atoms with E-state index in [1.54, 1.807) is 0 Å². The summed E-state index contributed by atoms with van der Waals surface area (Å²) in [6, 6.07) is 55.6. The first-order chi connectivity index (χ1) is 24.8. The van der Waals surface area contributed by atoms with Gasteiger partial charge in [-0.25, -0.2) is 4.98 Å². The molecule has 5 aromatic heterocycles. The molecule has 0 aliphatic rings. The zero-order valence-corrected chi connectivity index (χ0v) is 27.0. The minimum atomic E-state index is 0.906. The monoisotopic (exact) mass is 639 g/mol. The highest BCUT2D eigenvalue weighted by Gasteiger charge is 2.19. The molecule has 5 aromatic carbocycles. The van der Waals surface area contributed by atoms with Gasteiger partial charge in [0, 0.05) is 62.6 Å². The summed E-state index contributed by atoms with van der Waals surface area (Å²) < 4.78 is 4.64. The van der Waals surface area contributed by atoms with E-state index >= 15 is 0 Å². The topological polar surface area (TPSA) is 48.5 Å². The molecule has 0 saturated carbocycles. The Hall–Kier alpha value is -6.85. The van der Waals surface area contributed by atoms with E-state index in [0.717, 1.165) is 55.8 Å². The average molecular weight is 640 g/mol. The van der Waals surface area contributed by atoms with Crippen LogP contribution in [0.15, 0.2) is 176 Å². The smallest absolute Gasteiger partial charge is 0.145 e. The van der Waals surface area contributed by atoms with Crippen molar-refractivity contribution < 1.29 is 0 Å². The summed E-state index contributed by atoms with van der Waals surface area (Å²) in [7, 11) is 0. The van der Waals surface area contributed by atoms with Crippen LogP contribution in [0, 0.1) is 0 Å². The molecule has 0 atom stereocenters. The van der Waals surface area contributed by atoms with Gasteiger partial charge in [0.05, 0.1) is 27.9 Å². The number of hydrogen-bond donors (Lipinski definition) is 0. The van der Waals surface area contributed by atoms with Gasteiger partial charge >= 0.3 is 0 Å². The van der Waals surface area contributed by atoms with Crippen LogP contribution in [0.5, 0.6) is 0 Å². The Bertz CT molecular complexity index is 2800. The molecule has 0 fully saturated rings. The Kier molecular flexibility index (Phi) is 6.42. The van der Waals surface area contributed by atoms with Crippen molar-refractivity contribution in [3.05, 3.63) is 176 Å². The van der Waals surface area contributed by atoms with Gasteiger partial charge in [-0.1, -0.05) is 66.7 Å². The lowest BCUT2D eigenvalue weighted by Gasteiger charge is -2.13. The summed E-state index contributed by atoms with van der Waals surface area (Å²) in [5.41, 5.74) is 12.8. The van der Waals surface area contributed by atoms with E-state index in [9.17, 15) is 0 Å². The van der Waals surface area contributed by atoms with Gasteiger partial charge in [0.15, 0.2) is 0 Å². The van der Waals surface area contributed by atoms with Crippen molar-refractivity contribution in [3.8, 4) is 45.0 Å². The van der Waals surface area contributed by atoms with Gasteiger partial charge in [-0.3, -0.25) is 14.5 Å². The maximum absolute atomic E-state index is 4.96. The van der Waals surface area contributed by atoms with Crippen molar-refractivity contribution in [3.63, 3.8) is 0 Å². The summed E-state index contributed by atoms with van der Waals surface area (Å²) in [5, 5.41) is 4.73. The fourth-order valence-electron chi connectivity index (χ4n) is 7.49. The van der Waals surface area contributed by atoms with Gasteiger partial charge in [-0.2, -0.15) is 0 Å². The molecule has 0 unspecified atom stereocenters. The highest BCUT2D eigenvalue weighted by Crippen LogP contribution is 2.41. The molecule has 234 valence electrons. The maximum Gasteiger partial charge on any atom is 0.145 e. The van der Waals surface area contributed by atoms with E-state index in [4.69, 9.17) is 15.0 Å². The number of aromatic nitrogens is 5. The number of fused-ring (bicyclic) bond motifs is 6. The standard InChI is InChI=1S/C45H29N5/c1-2-12-33(13-3-1)49-41-19-5-4-14-37(41)44-35(15-10-20-43(44)49)30-21-22-42-38(29-30)36-16-11-25-48-45(36)50(42)34-27-31(39-17-6-8-23-46-39)26-32(28-34)40-18-7-9-24-47-40/h1-29H. The minimum absolute atomic E-state index is 0.906. The van der Waals surface area contributed by atoms with Crippen LogP contribution in [0.2, 0.25) is 0 Å². The van der Waals surface area contributed by atoms with Gasteiger partial charge in [0.1, 0.15) is 5.65 Å². The summed E-state index contributed by atoms with van der Waals surface area (Å²) >= 11 is 0. The van der Waals surface area contributed by atoms with Crippen molar-refractivity contribution in [2.45, 2.75) is 0 Å². The molecular formula is C45H29N5. The molecule has 5 nitrogen and oxygen atoms in total. The fourth-order valence-corrected chi connectivity index (χ4v) is 7.49. The van der Waals surface area contributed by atoms with Gasteiger partial charge < -0.3 is 4.57 Å². The summed E-state index contributed by atoms with van der Waals surface area (Å²) in [6.45, 7) is 0. The van der Waals surface area contributed by atoms with E-state index in [1.807, 2.05) is 61.1 Å². The SMILES string of the molecule is c1ccc(-n2c3ccccc3c3c(-c4ccc5c(c4)c4cccnc4n5-c4cc(-c5ccccn5)cc(-c5ccccn5)c4)cccc32)cc1. The van der Waals surface area contributed by atoms with Crippen molar-refractivity contribution in [1.82, 2.24) is 24.1 Å². The lowest BCUT2D eigenvalue weighted by Crippen LogP contribution is -1.98. The van der Waals surface area contributed by atoms with Gasteiger partial charge in [-0.15, -0.1) is 0 Å². The van der Waals surface area contributed by atoms with Crippen LogP contribution in [0.3, 0.4) is 0 Å². The molecule has 0 saturated heterocycles. The molecule has 10 aromatic rings. The van der Waals surface area contributed by atoms with Gasteiger partial charge in [0.2, 0.25) is 0 Å². The number of rotatable bonds is 5. The Morgan fingerprint density at radius 2 is 1.02 bits per heavy atom. The predicted octanol–water partition coefficient (Wildman–Crippen LogP) is 11.1. The Labute approximate surface area is 288 Å². The third-order valence-electron chi connectivity index (χ3n) is 9.65. The van der Waals surface area contributed by atoms with Crippen LogP contribution in [-0.4, -0.2) is 24.1 Å². The number of benzene rings is 5. The molecular weight excluding hydrogens is 611 g/mol. The molecule has 0 amide bonds. The second kappa shape index (κ2) is 11.4. The molecule has 0 aliphatic heterocycles. The highest BCUT2D eigenvalue weighted by atomic mass is 15.0. The van der Waals surface area contributed by atoms with Crippen molar-refractivity contribution >= 4 is 43.7 Å². The lowest BCUT2D eigenvalue weighted by atomic mass is 9.98. The second-order valence-electron chi connectivity index (χ2n) is 12.5. The third kappa shape index (κ3) is 4.45. The molecule has 10 rings (SSSR count). The lowest BCUT2D eigenvalue weighted by molar-refractivity contribution is 1.13. The van der Waals surface area contributed by atoms with E-state index in [-0.39, 0.29) is 0 Å². The summed E-state index contributed by atoms with van der Waals surface area (Å²) in [4.78, 5) is 14.4. The Balaban J connectivity index is 1.22. The van der Waals surface area contributed by atoms with Crippen LogP contribution in [0.1, 0.15) is 0 Å². The van der Waals surface area contributed by atoms with Gasteiger partial charge in [0.25, 0.3) is 0 Å². The number of pyridine rings is 3. The van der Waals surface area contributed by atoms with Crippen LogP contribution >= 0.6 is 0 Å². The fraction of sp³-hybridized carbons (Fsp3) is 0. The summed E-state index contributed by atoms with van der Waals surface area (Å²) in [5.74, 6) is 0. The molecule has 5 heterocycles. The molecule has 0 bridgehead atoms. The zero-order chi connectivity index (χ0) is 33.0. The molecule has 0 radical (unpaired) electrons. The van der Waals surface area contributed by atoms with Crippen LogP contribution in [0.25, 0.3) is 88.8 Å². The average Bonchev–Trinajstić information content (AvgIpc) is 3.71. The first kappa shape index (κ1) is 28.2. The van der Waals surface area contributed by atoms with Crippen molar-refractivity contribution in [1.29, 1.82) is 0 Å². The number of hydrogen-bond acceptors (Lipinski definition) is 3. The van der Waals surface area contributed by atoms with Crippen LogP contribution in [-0.2, 0) is 0 Å². The third-order valence-corrected chi connectivity index (χ3v) is 9.65. The first-order valence-electron chi connectivity index (χ1n) is 16.8. The molecule has 0 spiro atoms. The van der Waals surface area contributed by atoms with E-state index in [2.05, 4.69) is 124 Å². The molecule has 5 heteroatoms. The zero-order valence-electron chi connectivity index (χ0n) is 27.0. The van der Waals surface area contributed by atoms with Crippen LogP contribution < -0.4 is 0 Å². The highest BCUT2D eigenvalue weighted by molar-refractivity contribution is 6.17. The van der Waals surface area contributed by atoms with Gasteiger partial charge in [-0.05, 0) is 102 Å². The first-order valence-corrected chi connectivity index (χ1v) is 16.8. The molecule has 50 heavy (non-hydrogen) atoms. The van der Waals surface area contributed by atoms with E-state index in [1.165, 1.54) is 32.9 Å². The molecule has 0 N–H and O–H groups in total. The van der Waals surface area contributed by atoms with Crippen LogP contribution in [0.4, 0.5) is 0 Å². The Morgan fingerprint density at radius 1 is 0.360 bits per heavy atom. The Morgan fingerprint density at radius 3 is 1.78 bits per heavy atom. The number of nitrogens with zero attached hydrogens (tertiary/aromatic N) is 5. The minimum Gasteiger partial charge on any atom is -0.309 e. The summed E-state index contributed by atoms with van der Waals surface area (Å²) in [6.07, 6.45) is 5.55. The number of para-hydroxylation sites is 2. The second-order valence-corrected chi connectivity index (χ2v) is 12.5. The van der Waals surface area contributed by atoms with E-state index < -0.39 is 0 Å². The largest absolute Gasteiger partial charge is 0.309 e. The van der Waals surface area contributed by atoms with E-state index in [0.29, 0.717) is 0 Å². The van der Waals surface area contributed by atoms with Crippen molar-refractivity contribution in [2.75, 3.05) is 0 Å². The maximum atomic E-state index is 4.96.